The van der Waals surface area contributed by atoms with Crippen molar-refractivity contribution < 1.29 is 22.7 Å². The van der Waals surface area contributed by atoms with E-state index in [1.165, 1.54) is 32.2 Å². The molecule has 3 aromatic carbocycles. The fourth-order valence-electron chi connectivity index (χ4n) is 3.36. The Labute approximate surface area is 166 Å². The average Bonchev–Trinajstić information content (AvgIpc) is 3.00. The zero-order valence-electron chi connectivity index (χ0n) is 15.6. The molecule has 1 aliphatic heterocycles. The first-order valence-electron chi connectivity index (χ1n) is 8.65. The van der Waals surface area contributed by atoms with Gasteiger partial charge < -0.3 is 15.4 Å². The van der Waals surface area contributed by atoms with Crippen LogP contribution in [-0.2, 0) is 14.8 Å². The van der Waals surface area contributed by atoms with E-state index in [4.69, 9.17) is 4.74 Å². The van der Waals surface area contributed by atoms with E-state index in [-0.39, 0.29) is 22.4 Å². The number of nitrogens with one attached hydrogen (secondary N) is 3. The van der Waals surface area contributed by atoms with Gasteiger partial charge in [0.15, 0.2) is 0 Å². The van der Waals surface area contributed by atoms with Gasteiger partial charge >= 0.3 is 0 Å². The van der Waals surface area contributed by atoms with Crippen LogP contribution in [0.2, 0.25) is 0 Å². The molecule has 9 heteroatoms. The van der Waals surface area contributed by atoms with Gasteiger partial charge in [0.25, 0.3) is 15.9 Å². The molecular formula is C20H17N3O5S. The summed E-state index contributed by atoms with van der Waals surface area (Å²) in [5, 5.41) is 6.38. The Kier molecular flexibility index (Phi) is 4.39. The van der Waals surface area contributed by atoms with Gasteiger partial charge in [-0.25, -0.2) is 8.42 Å². The zero-order valence-corrected chi connectivity index (χ0v) is 16.4. The van der Waals surface area contributed by atoms with Crippen molar-refractivity contribution in [3.63, 3.8) is 0 Å². The molecule has 0 atom stereocenters. The number of hydrogen-bond acceptors (Lipinski definition) is 5. The predicted octanol–water partition coefficient (Wildman–Crippen LogP) is 3.17. The van der Waals surface area contributed by atoms with Crippen molar-refractivity contribution in [2.45, 2.75) is 11.8 Å². The van der Waals surface area contributed by atoms with E-state index in [0.29, 0.717) is 33.5 Å². The second-order valence-electron chi connectivity index (χ2n) is 6.50. The van der Waals surface area contributed by atoms with Crippen molar-refractivity contribution in [3.8, 4) is 5.75 Å². The smallest absolute Gasteiger partial charge is 0.262 e. The quantitative estimate of drug-likeness (QED) is 0.597. The van der Waals surface area contributed by atoms with Gasteiger partial charge in [0.05, 0.1) is 23.4 Å². The minimum atomic E-state index is -3.96. The lowest BCUT2D eigenvalue weighted by molar-refractivity contribution is -0.114. The summed E-state index contributed by atoms with van der Waals surface area (Å²) in [4.78, 5) is 23.4. The van der Waals surface area contributed by atoms with Crippen molar-refractivity contribution in [1.82, 2.24) is 0 Å². The number of sulfonamides is 1. The van der Waals surface area contributed by atoms with E-state index in [1.807, 2.05) is 0 Å². The average molecular weight is 411 g/mol. The maximum Gasteiger partial charge on any atom is 0.262 e. The number of ether oxygens (including phenoxy) is 1. The number of benzene rings is 3. The van der Waals surface area contributed by atoms with Crippen LogP contribution >= 0.6 is 0 Å². The molecule has 29 heavy (non-hydrogen) atoms. The van der Waals surface area contributed by atoms with E-state index < -0.39 is 10.0 Å². The van der Waals surface area contributed by atoms with Crippen LogP contribution in [0.4, 0.5) is 17.1 Å². The third-order valence-corrected chi connectivity index (χ3v) is 5.99. The van der Waals surface area contributed by atoms with Crippen molar-refractivity contribution in [1.29, 1.82) is 0 Å². The molecule has 0 unspecified atom stereocenters. The van der Waals surface area contributed by atoms with Crippen LogP contribution < -0.4 is 20.1 Å². The first-order chi connectivity index (χ1) is 13.8. The van der Waals surface area contributed by atoms with Crippen LogP contribution in [0.15, 0.2) is 53.4 Å². The maximum absolute atomic E-state index is 13.1. The van der Waals surface area contributed by atoms with Gasteiger partial charge in [-0.1, -0.05) is 12.1 Å². The Balaban J connectivity index is 1.75. The molecule has 4 rings (SSSR count). The van der Waals surface area contributed by atoms with Gasteiger partial charge in [-0.3, -0.25) is 14.3 Å². The van der Waals surface area contributed by atoms with E-state index >= 15 is 0 Å². The molecule has 1 aliphatic rings. The summed E-state index contributed by atoms with van der Waals surface area (Å²) >= 11 is 0. The van der Waals surface area contributed by atoms with Crippen LogP contribution in [0.5, 0.6) is 5.75 Å². The van der Waals surface area contributed by atoms with Gasteiger partial charge in [0, 0.05) is 35.0 Å². The molecule has 3 aromatic rings. The third-order valence-electron chi connectivity index (χ3n) is 4.55. The normalized spacial score (nSPS) is 12.6. The van der Waals surface area contributed by atoms with Gasteiger partial charge in [0.2, 0.25) is 5.91 Å². The molecule has 0 bridgehead atoms. The number of hydrogen-bond donors (Lipinski definition) is 3. The van der Waals surface area contributed by atoms with Crippen LogP contribution in [0.3, 0.4) is 0 Å². The van der Waals surface area contributed by atoms with Crippen LogP contribution in [0.25, 0.3) is 10.8 Å². The van der Waals surface area contributed by atoms with Crippen molar-refractivity contribution in [2.75, 3.05) is 22.5 Å². The van der Waals surface area contributed by atoms with Crippen LogP contribution in [0, 0.1) is 0 Å². The lowest BCUT2D eigenvalue weighted by Crippen LogP contribution is -2.14. The summed E-state index contributed by atoms with van der Waals surface area (Å²) in [6.45, 7) is 1.37. The molecule has 0 aliphatic carbocycles. The summed E-state index contributed by atoms with van der Waals surface area (Å²) in [5.74, 6) is -0.213. The molecule has 8 nitrogen and oxygen atoms in total. The van der Waals surface area contributed by atoms with Crippen molar-refractivity contribution in [3.05, 3.63) is 54.1 Å². The minimum Gasteiger partial charge on any atom is -0.494 e. The summed E-state index contributed by atoms with van der Waals surface area (Å²) in [7, 11) is -2.53. The molecule has 0 aromatic heterocycles. The Morgan fingerprint density at radius 2 is 1.90 bits per heavy atom. The molecule has 0 saturated heterocycles. The SMILES string of the molecule is COc1cc(NS(=O)(=O)c2ccc3c4c(cccc24)C(=O)N3)ccc1NC(C)=O. The highest BCUT2D eigenvalue weighted by Gasteiger charge is 2.26. The molecule has 148 valence electrons. The molecule has 1 heterocycles. The fourth-order valence-corrected chi connectivity index (χ4v) is 4.61. The van der Waals surface area contributed by atoms with Gasteiger partial charge in [0.1, 0.15) is 5.75 Å². The first-order valence-corrected chi connectivity index (χ1v) is 10.1. The largest absolute Gasteiger partial charge is 0.494 e. The number of amides is 2. The molecular weight excluding hydrogens is 394 g/mol. The number of carbonyl (C=O) groups excluding carboxylic acids is 2. The summed E-state index contributed by atoms with van der Waals surface area (Å²) in [6, 6.07) is 12.6. The van der Waals surface area contributed by atoms with Crippen LogP contribution in [0.1, 0.15) is 17.3 Å². The van der Waals surface area contributed by atoms with E-state index in [9.17, 15) is 18.0 Å². The highest BCUT2D eigenvalue weighted by molar-refractivity contribution is 7.93. The van der Waals surface area contributed by atoms with E-state index in [0.717, 1.165) is 0 Å². The maximum atomic E-state index is 13.1. The first kappa shape index (κ1) is 18.8. The number of anilines is 3. The highest BCUT2D eigenvalue weighted by atomic mass is 32.2. The second-order valence-corrected chi connectivity index (χ2v) is 8.15. The van der Waals surface area contributed by atoms with E-state index in [1.54, 1.807) is 30.3 Å². The molecule has 0 fully saturated rings. The molecule has 2 amide bonds. The lowest BCUT2D eigenvalue weighted by atomic mass is 10.1. The zero-order chi connectivity index (χ0) is 20.8. The third kappa shape index (κ3) is 3.25. The summed E-state index contributed by atoms with van der Waals surface area (Å²) in [5.41, 5.74) is 1.73. The van der Waals surface area contributed by atoms with Crippen molar-refractivity contribution in [2.24, 2.45) is 0 Å². The Hall–Kier alpha value is -3.59. The molecule has 0 saturated carbocycles. The Bertz CT molecular complexity index is 1280. The summed E-state index contributed by atoms with van der Waals surface area (Å²) < 4.78 is 33.9. The highest BCUT2D eigenvalue weighted by Crippen LogP contribution is 2.37. The molecule has 0 radical (unpaired) electrons. The number of methoxy groups -OCH3 is 1. The monoisotopic (exact) mass is 411 g/mol. The van der Waals surface area contributed by atoms with Crippen LogP contribution in [-0.4, -0.2) is 27.3 Å². The molecule has 3 N–H and O–H groups in total. The molecule has 0 spiro atoms. The summed E-state index contributed by atoms with van der Waals surface area (Å²) in [6.07, 6.45) is 0. The van der Waals surface area contributed by atoms with Gasteiger partial charge in [-0.2, -0.15) is 0 Å². The van der Waals surface area contributed by atoms with Crippen molar-refractivity contribution >= 4 is 49.7 Å². The number of carbonyl (C=O) groups is 2. The minimum absolute atomic E-state index is 0.0551. The lowest BCUT2D eigenvalue weighted by Gasteiger charge is -2.14. The van der Waals surface area contributed by atoms with Gasteiger partial charge in [-0.15, -0.1) is 0 Å². The number of rotatable bonds is 5. The topological polar surface area (TPSA) is 114 Å². The fraction of sp³-hybridized carbons (Fsp3) is 0.100. The van der Waals surface area contributed by atoms with E-state index in [2.05, 4.69) is 15.4 Å². The predicted molar refractivity (Wildman–Crippen MR) is 110 cm³/mol. The Morgan fingerprint density at radius 3 is 2.62 bits per heavy atom. The van der Waals surface area contributed by atoms with Gasteiger partial charge in [-0.05, 0) is 30.3 Å². The Morgan fingerprint density at radius 1 is 1.10 bits per heavy atom. The second kappa shape index (κ2) is 6.78. The standard InChI is InChI=1S/C20H17N3O5S/c1-11(24)21-15-7-6-12(10-17(15)28-2)23-29(26,27)18-9-8-16-19-13(18)4-3-5-14(19)20(25)22-16/h3-10,23H,1-2H3,(H,21,24)(H,22,25).